The minimum Gasteiger partial charge on any atom is -0.392 e. The first-order valence-electron chi connectivity index (χ1n) is 20.6. The van der Waals surface area contributed by atoms with E-state index in [1.165, 1.54) is 70.6 Å². The number of hydrogen-bond donors (Lipinski definition) is 3. The summed E-state index contributed by atoms with van der Waals surface area (Å²) in [6.07, 6.45) is 15.9. The predicted octanol–water partition coefficient (Wildman–Crippen LogP) is 10.1. The molecular formula is C46H68N2O5. The van der Waals surface area contributed by atoms with Crippen LogP contribution in [0.15, 0.2) is 78.9 Å². The molecule has 1 aliphatic heterocycles. The smallest absolute Gasteiger partial charge is 0.220 e. The van der Waals surface area contributed by atoms with Crippen molar-refractivity contribution in [2.45, 2.75) is 154 Å². The van der Waals surface area contributed by atoms with Crippen LogP contribution in [0.2, 0.25) is 0 Å². The summed E-state index contributed by atoms with van der Waals surface area (Å²) in [6.45, 7) is 7.57. The first-order valence-corrected chi connectivity index (χ1v) is 20.6. The number of aliphatic hydroxyl groups excluding tert-OH is 2. The third kappa shape index (κ3) is 14.3. The summed E-state index contributed by atoms with van der Waals surface area (Å²) in [5.41, 5.74) is 4.74. The lowest BCUT2D eigenvalue weighted by molar-refractivity contribution is -0.276. The number of hydrogen-bond acceptors (Lipinski definition) is 6. The average Bonchev–Trinajstić information content (AvgIpc) is 3.19. The third-order valence-corrected chi connectivity index (χ3v) is 11.1. The fraction of sp³-hybridized carbons (Fsp3) is 0.587. The molecular weight excluding hydrogens is 661 g/mol. The van der Waals surface area contributed by atoms with E-state index in [0.717, 1.165) is 40.7 Å². The van der Waals surface area contributed by atoms with E-state index in [4.69, 9.17) is 9.47 Å². The van der Waals surface area contributed by atoms with Gasteiger partial charge in [-0.25, -0.2) is 0 Å². The summed E-state index contributed by atoms with van der Waals surface area (Å²) < 4.78 is 13.3. The van der Waals surface area contributed by atoms with Gasteiger partial charge in [-0.2, -0.15) is 0 Å². The van der Waals surface area contributed by atoms with Gasteiger partial charge in [0.1, 0.15) is 0 Å². The first kappa shape index (κ1) is 42.7. The minimum absolute atomic E-state index is 0.00557. The molecule has 0 saturated carbocycles. The fourth-order valence-electron chi connectivity index (χ4n) is 7.33. The van der Waals surface area contributed by atoms with E-state index < -0.39 is 12.4 Å². The molecule has 1 heterocycles. The third-order valence-electron chi connectivity index (χ3n) is 11.1. The number of likely N-dealkylation sites (N-methyl/N-ethyl adjacent to an activating group) is 1. The second-order valence-corrected chi connectivity index (χ2v) is 15.4. The van der Waals surface area contributed by atoms with E-state index in [1.54, 1.807) is 0 Å². The number of carbonyl (C=O) groups is 1. The van der Waals surface area contributed by atoms with E-state index in [0.29, 0.717) is 19.5 Å². The summed E-state index contributed by atoms with van der Waals surface area (Å²) in [4.78, 5) is 14.7. The van der Waals surface area contributed by atoms with E-state index in [-0.39, 0.29) is 36.7 Å². The van der Waals surface area contributed by atoms with Crippen LogP contribution in [0.1, 0.15) is 157 Å². The molecule has 0 radical (unpaired) electrons. The second-order valence-electron chi connectivity index (χ2n) is 15.4. The van der Waals surface area contributed by atoms with Gasteiger partial charge in [0.05, 0.1) is 24.9 Å². The Balaban J connectivity index is 1.25. The van der Waals surface area contributed by atoms with Gasteiger partial charge in [0.2, 0.25) is 5.91 Å². The van der Waals surface area contributed by atoms with Gasteiger partial charge in [-0.3, -0.25) is 9.69 Å². The van der Waals surface area contributed by atoms with Crippen molar-refractivity contribution in [1.29, 1.82) is 0 Å². The standard InChI is InChI=1S/C46H68N2O5/c1-5-6-7-8-9-10-11-12-13-14-15-16-20-23-43(50)47-32-37-24-30-41(31-25-37)46-52-42(33-48(4)36(3)44(51)39-21-18-17-19-22-39)35(2)45(53-46)40-28-26-38(34-49)27-29-40/h17-19,21-22,24-31,35-36,42,44-46,49,51H,5-16,20,23,32-34H2,1-4H3,(H,47,50). The molecule has 1 fully saturated rings. The number of amides is 1. The van der Waals surface area contributed by atoms with Crippen LogP contribution in [0.5, 0.6) is 0 Å². The molecule has 0 aromatic heterocycles. The van der Waals surface area contributed by atoms with Gasteiger partial charge in [0.25, 0.3) is 0 Å². The van der Waals surface area contributed by atoms with Crippen molar-refractivity contribution < 1.29 is 24.5 Å². The highest BCUT2D eigenvalue weighted by Gasteiger charge is 2.39. The molecule has 4 rings (SSSR count). The van der Waals surface area contributed by atoms with E-state index in [9.17, 15) is 15.0 Å². The number of unbranched alkanes of at least 4 members (excludes halogenated alkanes) is 12. The minimum atomic E-state index is -0.628. The first-order chi connectivity index (χ1) is 25.8. The molecule has 0 aliphatic carbocycles. The quantitative estimate of drug-likeness (QED) is 0.0796. The van der Waals surface area contributed by atoms with Crippen molar-refractivity contribution in [3.63, 3.8) is 0 Å². The summed E-state index contributed by atoms with van der Waals surface area (Å²) in [7, 11) is 2.03. The van der Waals surface area contributed by atoms with Gasteiger partial charge in [0.15, 0.2) is 6.29 Å². The Kier molecular flexibility index (Phi) is 19.0. The second kappa shape index (κ2) is 23.7. The molecule has 3 N–H and O–H groups in total. The van der Waals surface area contributed by atoms with Gasteiger partial charge in [0, 0.05) is 37.0 Å². The molecule has 1 amide bonds. The highest BCUT2D eigenvalue weighted by atomic mass is 16.7. The summed E-state index contributed by atoms with van der Waals surface area (Å²) in [5, 5.41) is 23.8. The van der Waals surface area contributed by atoms with Crippen molar-refractivity contribution >= 4 is 5.91 Å². The van der Waals surface area contributed by atoms with Crippen molar-refractivity contribution in [2.24, 2.45) is 5.92 Å². The van der Waals surface area contributed by atoms with E-state index in [1.807, 2.05) is 92.8 Å². The Hall–Kier alpha value is -3.07. The maximum atomic E-state index is 12.6. The Morgan fingerprint density at radius 1 is 0.755 bits per heavy atom. The van der Waals surface area contributed by atoms with Crippen LogP contribution in [-0.2, 0) is 27.4 Å². The fourth-order valence-corrected chi connectivity index (χ4v) is 7.33. The molecule has 3 aromatic rings. The average molecular weight is 729 g/mol. The monoisotopic (exact) mass is 729 g/mol. The van der Waals surface area contributed by atoms with Crippen LogP contribution in [0.4, 0.5) is 0 Å². The SMILES string of the molecule is CCCCCCCCCCCCCCCC(=O)NCc1ccc(C2OC(CN(C)C(C)C(O)c3ccccc3)C(C)C(c3ccc(CO)cc3)O2)cc1. The van der Waals surface area contributed by atoms with Crippen LogP contribution in [0.25, 0.3) is 0 Å². The van der Waals surface area contributed by atoms with Gasteiger partial charge >= 0.3 is 0 Å². The normalized spacial score (nSPS) is 20.0. The van der Waals surface area contributed by atoms with Crippen LogP contribution >= 0.6 is 0 Å². The zero-order chi connectivity index (χ0) is 37.8. The van der Waals surface area contributed by atoms with Crippen LogP contribution in [0, 0.1) is 5.92 Å². The maximum absolute atomic E-state index is 12.6. The van der Waals surface area contributed by atoms with E-state index >= 15 is 0 Å². The molecule has 6 unspecified atom stereocenters. The maximum Gasteiger partial charge on any atom is 0.220 e. The van der Waals surface area contributed by atoms with Crippen molar-refractivity contribution in [3.05, 3.63) is 107 Å². The Labute approximate surface area is 320 Å². The number of rotatable bonds is 24. The van der Waals surface area contributed by atoms with Crippen molar-refractivity contribution in [3.8, 4) is 0 Å². The molecule has 0 bridgehead atoms. The molecule has 7 nitrogen and oxygen atoms in total. The van der Waals surface area contributed by atoms with Gasteiger partial charge in [-0.1, -0.05) is 170 Å². The zero-order valence-electron chi connectivity index (χ0n) is 33.1. The molecule has 6 atom stereocenters. The lowest BCUT2D eigenvalue weighted by atomic mass is 9.89. The number of carbonyl (C=O) groups excluding carboxylic acids is 1. The van der Waals surface area contributed by atoms with Crippen LogP contribution in [0.3, 0.4) is 0 Å². The molecule has 1 aliphatic rings. The molecule has 292 valence electrons. The molecule has 3 aromatic carbocycles. The summed E-state index contributed by atoms with van der Waals surface area (Å²) in [5.74, 6) is 0.137. The van der Waals surface area contributed by atoms with Crippen molar-refractivity contribution in [2.75, 3.05) is 13.6 Å². The number of aliphatic hydroxyl groups is 2. The lowest BCUT2D eigenvalue weighted by Crippen LogP contribution is -2.46. The van der Waals surface area contributed by atoms with Gasteiger partial charge < -0.3 is 25.0 Å². The van der Waals surface area contributed by atoms with Crippen LogP contribution in [-0.4, -0.2) is 46.8 Å². The zero-order valence-corrected chi connectivity index (χ0v) is 33.1. The van der Waals surface area contributed by atoms with Crippen molar-refractivity contribution in [1.82, 2.24) is 10.2 Å². The predicted molar refractivity (Wildman–Crippen MR) is 215 cm³/mol. The van der Waals surface area contributed by atoms with Gasteiger partial charge in [-0.15, -0.1) is 0 Å². The number of nitrogens with one attached hydrogen (secondary N) is 1. The molecule has 7 heteroatoms. The van der Waals surface area contributed by atoms with E-state index in [2.05, 4.69) is 24.1 Å². The Morgan fingerprint density at radius 2 is 1.30 bits per heavy atom. The molecule has 1 saturated heterocycles. The van der Waals surface area contributed by atoms with Gasteiger partial charge in [-0.05, 0) is 42.6 Å². The lowest BCUT2D eigenvalue weighted by Gasteiger charge is -2.43. The van der Waals surface area contributed by atoms with Crippen LogP contribution < -0.4 is 5.32 Å². The topological polar surface area (TPSA) is 91.3 Å². The Morgan fingerprint density at radius 3 is 1.89 bits per heavy atom. The highest BCUT2D eigenvalue weighted by molar-refractivity contribution is 5.75. The number of benzene rings is 3. The highest BCUT2D eigenvalue weighted by Crippen LogP contribution is 2.42. The number of nitrogens with zero attached hydrogens (tertiary/aromatic N) is 1. The Bertz CT molecular complexity index is 1420. The molecule has 0 spiro atoms. The summed E-state index contributed by atoms with van der Waals surface area (Å²) in [6, 6.07) is 25.7. The number of ether oxygens (including phenoxy) is 2. The largest absolute Gasteiger partial charge is 0.392 e. The summed E-state index contributed by atoms with van der Waals surface area (Å²) >= 11 is 0. The molecule has 53 heavy (non-hydrogen) atoms.